The molecule has 0 atom stereocenters. The second kappa shape index (κ2) is 9.94. The van der Waals surface area contributed by atoms with Gasteiger partial charge in [0.05, 0.1) is 28.9 Å². The molecule has 3 aromatic rings. The number of carbonyl (C=O) groups excluding carboxylic acids is 1. The average molecular weight is 513 g/mol. The normalized spacial score (nSPS) is 11.7. The van der Waals surface area contributed by atoms with E-state index in [1.165, 1.54) is 43.5 Å². The van der Waals surface area contributed by atoms with Gasteiger partial charge in [0.25, 0.3) is 10.0 Å². The van der Waals surface area contributed by atoms with E-state index in [0.717, 1.165) is 15.9 Å². The van der Waals surface area contributed by atoms with Crippen LogP contribution in [0.25, 0.3) is 0 Å². The number of methoxy groups -OCH3 is 1. The Morgan fingerprint density at radius 3 is 2.35 bits per heavy atom. The Hall–Kier alpha value is -3.24. The maximum absolute atomic E-state index is 13.4. The fourth-order valence-electron chi connectivity index (χ4n) is 3.10. The minimum Gasteiger partial charge on any atom is -0.497 e. The van der Waals surface area contributed by atoms with E-state index in [1.807, 2.05) is 0 Å². The van der Waals surface area contributed by atoms with Crippen molar-refractivity contribution in [3.05, 3.63) is 82.9 Å². The zero-order valence-electron chi connectivity index (χ0n) is 18.1. The van der Waals surface area contributed by atoms with Crippen LogP contribution >= 0.6 is 11.6 Å². The van der Waals surface area contributed by atoms with Gasteiger partial charge in [-0.2, -0.15) is 13.2 Å². The van der Waals surface area contributed by atoms with E-state index in [0.29, 0.717) is 11.8 Å². The van der Waals surface area contributed by atoms with Crippen molar-refractivity contribution in [1.82, 2.24) is 0 Å². The topological polar surface area (TPSA) is 75.7 Å². The van der Waals surface area contributed by atoms with Crippen molar-refractivity contribution in [2.24, 2.45) is 0 Å². The number of ether oxygens (including phenoxy) is 1. The van der Waals surface area contributed by atoms with Gasteiger partial charge in [-0.25, -0.2) is 8.42 Å². The summed E-state index contributed by atoms with van der Waals surface area (Å²) in [5, 5.41) is 1.99. The number of amides is 1. The summed E-state index contributed by atoms with van der Waals surface area (Å²) in [6.07, 6.45) is -4.78. The number of benzene rings is 3. The summed E-state index contributed by atoms with van der Waals surface area (Å²) < 4.78 is 73.0. The van der Waals surface area contributed by atoms with Crippen LogP contribution in [0.4, 0.5) is 24.5 Å². The minimum atomic E-state index is -4.78. The molecule has 0 saturated carbocycles. The van der Waals surface area contributed by atoms with E-state index in [1.54, 1.807) is 25.1 Å². The molecular weight excluding hydrogens is 493 g/mol. The van der Waals surface area contributed by atoms with Crippen LogP contribution in [0.1, 0.15) is 11.1 Å². The van der Waals surface area contributed by atoms with Crippen molar-refractivity contribution in [3.8, 4) is 5.75 Å². The van der Waals surface area contributed by atoms with Crippen molar-refractivity contribution < 1.29 is 31.1 Å². The second-order valence-electron chi connectivity index (χ2n) is 7.26. The number of hydrogen-bond acceptors (Lipinski definition) is 4. The molecule has 11 heteroatoms. The highest BCUT2D eigenvalue weighted by Gasteiger charge is 2.35. The lowest BCUT2D eigenvalue weighted by Gasteiger charge is -2.25. The number of rotatable bonds is 7. The Balaban J connectivity index is 2.00. The van der Waals surface area contributed by atoms with Crippen LogP contribution in [0, 0.1) is 6.92 Å². The van der Waals surface area contributed by atoms with Gasteiger partial charge < -0.3 is 10.1 Å². The number of halogens is 4. The van der Waals surface area contributed by atoms with E-state index in [2.05, 4.69) is 5.32 Å². The van der Waals surface area contributed by atoms with Crippen LogP contribution in [0.5, 0.6) is 5.75 Å². The molecule has 6 nitrogen and oxygen atoms in total. The van der Waals surface area contributed by atoms with Crippen molar-refractivity contribution in [2.75, 3.05) is 23.3 Å². The van der Waals surface area contributed by atoms with Crippen molar-refractivity contribution in [3.63, 3.8) is 0 Å². The van der Waals surface area contributed by atoms with Crippen LogP contribution in [0.3, 0.4) is 0 Å². The average Bonchev–Trinajstić information content (AvgIpc) is 2.78. The number of aryl methyl sites for hydroxylation is 1. The van der Waals surface area contributed by atoms with Crippen LogP contribution < -0.4 is 14.4 Å². The standard InChI is InChI=1S/C23H20ClF3N2O4S/c1-15-6-9-19(10-7-15)34(31,32)29(17-4-3-5-18(13-17)33-2)14-22(30)28-21-11-8-16(24)12-20(21)23(25,26)27/h3-13H,14H2,1-2H3,(H,28,30). The Bertz CT molecular complexity index is 1300. The number of carbonyl (C=O) groups is 1. The van der Waals surface area contributed by atoms with Gasteiger partial charge in [-0.15, -0.1) is 0 Å². The minimum absolute atomic E-state index is 0.0869. The van der Waals surface area contributed by atoms with Gasteiger partial charge in [-0.1, -0.05) is 35.4 Å². The van der Waals surface area contributed by atoms with Crippen LogP contribution in [0.15, 0.2) is 71.6 Å². The van der Waals surface area contributed by atoms with Gasteiger partial charge in [0.1, 0.15) is 12.3 Å². The fraction of sp³-hybridized carbons (Fsp3) is 0.174. The SMILES string of the molecule is COc1cccc(N(CC(=O)Nc2ccc(Cl)cc2C(F)(F)F)S(=O)(=O)c2ccc(C)cc2)c1. The molecule has 0 aliphatic carbocycles. The van der Waals surface area contributed by atoms with E-state index in [-0.39, 0.29) is 15.6 Å². The first-order valence-electron chi connectivity index (χ1n) is 9.82. The molecule has 0 aromatic heterocycles. The molecule has 0 aliphatic heterocycles. The quantitative estimate of drug-likeness (QED) is 0.453. The fourth-order valence-corrected chi connectivity index (χ4v) is 4.68. The first kappa shape index (κ1) is 25.4. The molecule has 1 N–H and O–H groups in total. The second-order valence-corrected chi connectivity index (χ2v) is 9.56. The largest absolute Gasteiger partial charge is 0.497 e. The molecule has 0 fully saturated rings. The number of hydrogen-bond donors (Lipinski definition) is 1. The van der Waals surface area contributed by atoms with E-state index in [9.17, 15) is 26.4 Å². The maximum Gasteiger partial charge on any atom is 0.418 e. The monoisotopic (exact) mass is 512 g/mol. The highest BCUT2D eigenvalue weighted by molar-refractivity contribution is 7.92. The third-order valence-corrected chi connectivity index (χ3v) is 6.82. The molecule has 0 unspecified atom stereocenters. The number of sulfonamides is 1. The summed E-state index contributed by atoms with van der Waals surface area (Å²) in [6, 6.07) is 14.8. The number of nitrogens with zero attached hydrogens (tertiary/aromatic N) is 1. The summed E-state index contributed by atoms with van der Waals surface area (Å²) in [7, 11) is -2.86. The number of nitrogens with one attached hydrogen (secondary N) is 1. The summed E-state index contributed by atoms with van der Waals surface area (Å²) in [5.74, 6) is -0.648. The summed E-state index contributed by atoms with van der Waals surface area (Å²) in [4.78, 5) is 12.7. The zero-order chi connectivity index (χ0) is 25.1. The van der Waals surface area contributed by atoms with Gasteiger partial charge in [0.2, 0.25) is 5.91 Å². The molecule has 1 amide bonds. The number of alkyl halides is 3. The Labute approximate surface area is 200 Å². The Morgan fingerprint density at radius 1 is 1.06 bits per heavy atom. The highest BCUT2D eigenvalue weighted by Crippen LogP contribution is 2.36. The molecule has 0 radical (unpaired) electrons. The lowest BCUT2D eigenvalue weighted by atomic mass is 10.1. The van der Waals surface area contributed by atoms with Gasteiger partial charge in [0.15, 0.2) is 0 Å². The first-order valence-corrected chi connectivity index (χ1v) is 11.6. The summed E-state index contributed by atoms with van der Waals surface area (Å²) in [5.41, 5.74) is -0.767. The van der Waals surface area contributed by atoms with Crippen LogP contribution in [0.2, 0.25) is 5.02 Å². The number of anilines is 2. The Morgan fingerprint density at radius 2 is 1.74 bits per heavy atom. The molecule has 34 heavy (non-hydrogen) atoms. The lowest BCUT2D eigenvalue weighted by Crippen LogP contribution is -2.38. The molecule has 3 aromatic carbocycles. The van der Waals surface area contributed by atoms with Crippen LogP contribution in [-0.2, 0) is 21.0 Å². The predicted octanol–water partition coefficient (Wildman–Crippen LogP) is 5.51. The van der Waals surface area contributed by atoms with Gasteiger partial charge in [-0.3, -0.25) is 9.10 Å². The summed E-state index contributed by atoms with van der Waals surface area (Å²) in [6.45, 7) is 0.997. The third-order valence-electron chi connectivity index (χ3n) is 4.80. The molecule has 0 bridgehead atoms. The molecule has 0 spiro atoms. The predicted molar refractivity (Wildman–Crippen MR) is 124 cm³/mol. The van der Waals surface area contributed by atoms with Crippen LogP contribution in [-0.4, -0.2) is 28.0 Å². The van der Waals surface area contributed by atoms with E-state index < -0.39 is 39.9 Å². The lowest BCUT2D eigenvalue weighted by molar-refractivity contribution is -0.137. The smallest absolute Gasteiger partial charge is 0.418 e. The maximum atomic E-state index is 13.4. The van der Waals surface area contributed by atoms with Crippen molar-refractivity contribution >= 4 is 38.9 Å². The van der Waals surface area contributed by atoms with Gasteiger partial charge in [0, 0.05) is 11.1 Å². The molecule has 180 valence electrons. The zero-order valence-corrected chi connectivity index (χ0v) is 19.6. The third kappa shape index (κ3) is 5.81. The van der Waals surface area contributed by atoms with E-state index >= 15 is 0 Å². The molecule has 3 rings (SSSR count). The molecular formula is C23H20ClF3N2O4S. The molecule has 0 aliphatic rings. The van der Waals surface area contributed by atoms with E-state index in [4.69, 9.17) is 16.3 Å². The van der Waals surface area contributed by atoms with Crippen molar-refractivity contribution in [2.45, 2.75) is 18.0 Å². The van der Waals surface area contributed by atoms with Gasteiger partial charge in [-0.05, 0) is 49.4 Å². The summed E-state index contributed by atoms with van der Waals surface area (Å²) >= 11 is 5.68. The molecule has 0 heterocycles. The Kier molecular flexibility index (Phi) is 7.42. The highest BCUT2D eigenvalue weighted by atomic mass is 35.5. The first-order chi connectivity index (χ1) is 15.9. The molecule has 0 saturated heterocycles. The van der Waals surface area contributed by atoms with Crippen molar-refractivity contribution in [1.29, 1.82) is 0 Å². The van der Waals surface area contributed by atoms with Gasteiger partial charge >= 0.3 is 6.18 Å².